The summed E-state index contributed by atoms with van der Waals surface area (Å²) in [6.45, 7) is 0. The van der Waals surface area contributed by atoms with Gasteiger partial charge in [0.2, 0.25) is 0 Å². The largest absolute Gasteiger partial charge is 0 e. The molecule has 1 nitrogen and oxygen atoms in total. The normalized spacial score (nSPS) is 1.00. The monoisotopic (exact) mass is 282 g/mol. The molecule has 0 saturated carbocycles. The predicted molar refractivity (Wildman–Crippen MR) is 12.2 cm³/mol. The molecule has 0 aliphatic heterocycles. The van der Waals surface area contributed by atoms with Crippen LogP contribution in [0, 0.1) is 0 Å². The quantitative estimate of drug-likeness (QED) is 0.526. The molecule has 2 radical (unpaired) electrons. The van der Waals surface area contributed by atoms with E-state index in [9.17, 15) is 0 Å². The minimum atomic E-state index is 0. The van der Waals surface area contributed by atoms with Gasteiger partial charge >= 0.3 is 25.4 Å². The number of hydrogen-bond donors (Lipinski definition) is 0. The summed E-state index contributed by atoms with van der Waals surface area (Å²) in [6.07, 6.45) is 0. The van der Waals surface area contributed by atoms with E-state index >= 15 is 0 Å². The van der Waals surface area contributed by atoms with Crippen molar-refractivity contribution < 1.29 is 20.2 Å². The Kier molecular flexibility index (Phi) is 100. The summed E-state index contributed by atoms with van der Waals surface area (Å²) in [4.78, 5) is 0. The van der Waals surface area contributed by atoms with Crippen molar-refractivity contribution in [2.45, 2.75) is 0 Å². The van der Waals surface area contributed by atoms with E-state index in [0.29, 0.717) is 22.3 Å². The average molecular weight is 278 g/mol. The fourth-order valence-corrected chi connectivity index (χ4v) is 0. The molecule has 0 fully saturated rings. The first-order valence-electron chi connectivity index (χ1n) is 0.167. The van der Waals surface area contributed by atoms with Crippen LogP contribution in [0.15, 0.2) is 0 Å². The summed E-state index contributed by atoms with van der Waals surface area (Å²) in [5.74, 6) is 0. The summed E-state index contributed by atoms with van der Waals surface area (Å²) >= 11 is 0.700. The zero-order valence-electron chi connectivity index (χ0n) is 1.58. The van der Waals surface area contributed by atoms with E-state index in [1.54, 1.807) is 0 Å². The van der Waals surface area contributed by atoms with E-state index in [-0.39, 0.29) is 34.1 Å². The Hall–Kier alpha value is 1.63. The molecule has 0 aliphatic rings. The standard InChI is InChI=1S/Fe.OTe.Se/c;1-2;. The van der Waals surface area contributed by atoms with Crippen molar-refractivity contribution in [3.05, 3.63) is 0 Å². The molecule has 0 spiro atoms. The zero-order valence-corrected chi connectivity index (χ0v) is 6.73. The Labute approximate surface area is 59.1 Å². The van der Waals surface area contributed by atoms with Crippen LogP contribution in [0.25, 0.3) is 0 Å². The van der Waals surface area contributed by atoms with E-state index < -0.39 is 0 Å². The third kappa shape index (κ3) is 9.45. The summed E-state index contributed by atoms with van der Waals surface area (Å²) in [5.41, 5.74) is 0. The van der Waals surface area contributed by atoms with Crippen LogP contribution in [0.5, 0.6) is 0 Å². The molecule has 0 bridgehead atoms. The minimum Gasteiger partial charge on any atom is 0 e. The van der Waals surface area contributed by atoms with Gasteiger partial charge in [0.25, 0.3) is 0 Å². The molecule has 0 aromatic rings. The van der Waals surface area contributed by atoms with Crippen molar-refractivity contribution in [1.82, 2.24) is 0 Å². The van der Waals surface area contributed by atoms with Gasteiger partial charge in [-0.3, -0.25) is 0 Å². The van der Waals surface area contributed by atoms with Gasteiger partial charge in [-0.1, -0.05) is 0 Å². The van der Waals surface area contributed by atoms with Crippen LogP contribution in [0.1, 0.15) is 0 Å². The first-order valence-corrected chi connectivity index (χ1v) is 1.12. The fourth-order valence-electron chi connectivity index (χ4n) is 0. The Balaban J connectivity index is -0.00000000500. The van der Waals surface area contributed by atoms with Gasteiger partial charge in [-0.05, 0) is 0 Å². The predicted octanol–water partition coefficient (Wildman–Crippen LogP) is -0.883. The second-order valence-corrected chi connectivity index (χ2v) is 0. The van der Waals surface area contributed by atoms with Crippen LogP contribution in [-0.2, 0) is 20.2 Å². The third-order valence-electron chi connectivity index (χ3n) is 0. The molecule has 4 heavy (non-hydrogen) atoms. The van der Waals surface area contributed by atoms with Crippen molar-refractivity contribution in [1.29, 1.82) is 0 Å². The van der Waals surface area contributed by atoms with Crippen molar-refractivity contribution in [3.8, 4) is 0 Å². The number of rotatable bonds is 0. The topological polar surface area (TPSA) is 17.1 Å². The molecule has 26 valence electrons. The Morgan fingerprint density at radius 1 is 1.25 bits per heavy atom. The Morgan fingerprint density at radius 2 is 1.25 bits per heavy atom. The molecule has 0 saturated heterocycles. The summed E-state index contributed by atoms with van der Waals surface area (Å²) < 4.78 is 8.26. The molecule has 0 aromatic carbocycles. The molecule has 0 aliphatic carbocycles. The molecule has 0 amide bonds. The summed E-state index contributed by atoms with van der Waals surface area (Å²) in [7, 11) is 0. The van der Waals surface area contributed by atoms with E-state index in [1.807, 2.05) is 0 Å². The maximum absolute atomic E-state index is 8.26. The van der Waals surface area contributed by atoms with E-state index in [2.05, 4.69) is 0 Å². The van der Waals surface area contributed by atoms with Crippen LogP contribution in [0.4, 0.5) is 0 Å². The Bertz CT molecular complexity index is 8.00. The van der Waals surface area contributed by atoms with Gasteiger partial charge in [0.15, 0.2) is 0 Å². The molecule has 0 rings (SSSR count). The molecule has 0 N–H and O–H groups in total. The number of hydrogen-bond acceptors (Lipinski definition) is 1. The maximum atomic E-state index is 8.26. The smallest absolute Gasteiger partial charge is 0 e. The van der Waals surface area contributed by atoms with Gasteiger partial charge in [-0.25, -0.2) is 0 Å². The Morgan fingerprint density at radius 3 is 1.25 bits per heavy atom. The van der Waals surface area contributed by atoms with Gasteiger partial charge in [-0.15, -0.1) is 0 Å². The van der Waals surface area contributed by atoms with Gasteiger partial charge in [0, 0.05) is 34.1 Å². The zero-order chi connectivity index (χ0) is 2.00. The SMILES string of the molecule is O=[Te].[Fe].[Se]. The second-order valence-electron chi connectivity index (χ2n) is 0. The van der Waals surface area contributed by atoms with Crippen molar-refractivity contribution >= 4 is 39.3 Å². The third-order valence-corrected chi connectivity index (χ3v) is 0. The van der Waals surface area contributed by atoms with E-state index in [4.69, 9.17) is 3.10 Å². The molecule has 0 aromatic heterocycles. The first-order chi connectivity index (χ1) is 1.00. The van der Waals surface area contributed by atoms with E-state index in [0.717, 1.165) is 0 Å². The van der Waals surface area contributed by atoms with Crippen LogP contribution in [-0.4, -0.2) is 39.3 Å². The second kappa shape index (κ2) is 23.0. The van der Waals surface area contributed by atoms with Crippen LogP contribution in [0.3, 0.4) is 0 Å². The van der Waals surface area contributed by atoms with Crippen LogP contribution in [0.2, 0.25) is 0 Å². The summed E-state index contributed by atoms with van der Waals surface area (Å²) in [5, 5.41) is 0. The first kappa shape index (κ1) is 17.5. The molecule has 0 heterocycles. The van der Waals surface area contributed by atoms with Crippen LogP contribution >= 0.6 is 0 Å². The maximum Gasteiger partial charge on any atom is 0 e. The van der Waals surface area contributed by atoms with Gasteiger partial charge < -0.3 is 0 Å². The van der Waals surface area contributed by atoms with Crippen molar-refractivity contribution in [3.63, 3.8) is 0 Å². The van der Waals surface area contributed by atoms with Gasteiger partial charge in [0.05, 0.1) is 0 Å². The van der Waals surface area contributed by atoms with Crippen LogP contribution < -0.4 is 0 Å². The molecular weight excluding hydrogens is 278 g/mol. The average Bonchev–Trinajstić information content (AvgIpc) is 1.00. The van der Waals surface area contributed by atoms with Crippen molar-refractivity contribution in [2.75, 3.05) is 0 Å². The minimum absolute atomic E-state index is 0. The molecule has 4 heteroatoms. The van der Waals surface area contributed by atoms with Gasteiger partial charge in [0.1, 0.15) is 0 Å². The van der Waals surface area contributed by atoms with E-state index in [1.165, 1.54) is 0 Å². The molecule has 0 unspecified atom stereocenters. The molecule has 0 atom stereocenters. The van der Waals surface area contributed by atoms with Gasteiger partial charge in [-0.2, -0.15) is 0 Å². The molecular formula is FeOSeTe. The summed E-state index contributed by atoms with van der Waals surface area (Å²) in [6, 6.07) is 0. The van der Waals surface area contributed by atoms with Crippen molar-refractivity contribution in [2.24, 2.45) is 0 Å². The fraction of sp³-hybridized carbons (Fsp3) is 0.